The molecule has 0 N–H and O–H groups in total. The minimum absolute atomic E-state index is 0.634. The van der Waals surface area contributed by atoms with E-state index >= 15 is 0 Å². The fraction of sp³-hybridized carbons (Fsp3) is 0.462. The first kappa shape index (κ1) is 12.4. The summed E-state index contributed by atoms with van der Waals surface area (Å²) in [5, 5.41) is 8.57. The molecule has 0 amide bonds. The van der Waals surface area contributed by atoms with E-state index in [-0.39, 0.29) is 0 Å². The van der Waals surface area contributed by atoms with Gasteiger partial charge < -0.3 is 4.90 Å². The van der Waals surface area contributed by atoms with Gasteiger partial charge in [0.15, 0.2) is 0 Å². The second kappa shape index (κ2) is 6.04. The van der Waals surface area contributed by atoms with Crippen molar-refractivity contribution in [3.63, 3.8) is 0 Å². The van der Waals surface area contributed by atoms with Crippen LogP contribution in [-0.4, -0.2) is 37.6 Å². The van der Waals surface area contributed by atoms with Crippen molar-refractivity contribution in [3.05, 3.63) is 28.7 Å². The number of anilines is 1. The molecule has 2 rings (SSSR count). The van der Waals surface area contributed by atoms with E-state index in [1.54, 1.807) is 0 Å². The van der Waals surface area contributed by atoms with Gasteiger partial charge in [0.05, 0.1) is 11.8 Å². The molecule has 3 nitrogen and oxygen atoms in total. The summed E-state index contributed by atoms with van der Waals surface area (Å²) in [6, 6.07) is 10.5. The Morgan fingerprint density at radius 3 is 2.53 bits per heavy atom. The highest BCUT2D eigenvalue weighted by atomic mass is 79.9. The van der Waals surface area contributed by atoms with Gasteiger partial charge in [-0.1, -0.05) is 12.1 Å². The molecule has 0 unspecified atom stereocenters. The molecule has 0 spiro atoms. The topological polar surface area (TPSA) is 30.3 Å². The van der Waals surface area contributed by atoms with Crippen molar-refractivity contribution >= 4 is 21.6 Å². The van der Waals surface area contributed by atoms with E-state index in [4.69, 9.17) is 5.26 Å². The molecular weight excluding hydrogens is 278 g/mol. The molecule has 0 aliphatic carbocycles. The number of para-hydroxylation sites is 1. The smallest absolute Gasteiger partial charge is 0.0635 e. The molecule has 0 bridgehead atoms. The second-order valence-corrected chi connectivity index (χ2v) is 5.04. The third kappa shape index (κ3) is 3.21. The van der Waals surface area contributed by atoms with Crippen LogP contribution < -0.4 is 4.90 Å². The Kier molecular flexibility index (Phi) is 4.41. The first-order chi connectivity index (χ1) is 8.31. The zero-order chi connectivity index (χ0) is 12.1. The Bertz CT molecular complexity index is 405. The van der Waals surface area contributed by atoms with Gasteiger partial charge in [-0.25, -0.2) is 0 Å². The van der Waals surface area contributed by atoms with Gasteiger partial charge in [0.25, 0.3) is 0 Å². The Balaban J connectivity index is 1.91. The van der Waals surface area contributed by atoms with Crippen LogP contribution in [0.25, 0.3) is 0 Å². The Morgan fingerprint density at radius 1 is 1.18 bits per heavy atom. The van der Waals surface area contributed by atoms with Crippen LogP contribution in [0, 0.1) is 11.3 Å². The molecule has 1 aromatic carbocycles. The number of rotatable bonds is 3. The molecule has 1 fully saturated rings. The molecule has 0 radical (unpaired) electrons. The summed E-state index contributed by atoms with van der Waals surface area (Å²) in [5.41, 5.74) is 1.27. The third-order valence-corrected chi connectivity index (χ3v) is 3.78. The van der Waals surface area contributed by atoms with Gasteiger partial charge in [-0.15, -0.1) is 0 Å². The van der Waals surface area contributed by atoms with Crippen molar-refractivity contribution < 1.29 is 0 Å². The summed E-state index contributed by atoms with van der Waals surface area (Å²) in [6.07, 6.45) is 0.634. The van der Waals surface area contributed by atoms with Crippen molar-refractivity contribution in [2.45, 2.75) is 6.42 Å². The third-order valence-electron chi connectivity index (χ3n) is 3.11. The molecule has 1 heterocycles. The SMILES string of the molecule is N#CCCN1CCN(c2ccccc2Br)CC1. The zero-order valence-corrected chi connectivity index (χ0v) is 11.4. The van der Waals surface area contributed by atoms with E-state index in [1.807, 2.05) is 6.07 Å². The maximum absolute atomic E-state index is 8.57. The molecule has 90 valence electrons. The summed E-state index contributed by atoms with van der Waals surface area (Å²) >= 11 is 3.59. The number of hydrogen-bond acceptors (Lipinski definition) is 3. The number of benzene rings is 1. The molecule has 1 aliphatic heterocycles. The van der Waals surface area contributed by atoms with Gasteiger partial charge in [0.2, 0.25) is 0 Å². The minimum Gasteiger partial charge on any atom is -0.368 e. The minimum atomic E-state index is 0.634. The van der Waals surface area contributed by atoms with Gasteiger partial charge >= 0.3 is 0 Å². The van der Waals surface area contributed by atoms with Crippen molar-refractivity contribution in [3.8, 4) is 6.07 Å². The van der Waals surface area contributed by atoms with Crippen LogP contribution >= 0.6 is 15.9 Å². The van der Waals surface area contributed by atoms with E-state index in [0.29, 0.717) is 6.42 Å². The Labute approximate surface area is 111 Å². The molecule has 0 aromatic heterocycles. The van der Waals surface area contributed by atoms with Crippen LogP contribution in [0.15, 0.2) is 28.7 Å². The first-order valence-corrected chi connectivity index (χ1v) is 6.69. The quantitative estimate of drug-likeness (QED) is 0.858. The highest BCUT2D eigenvalue weighted by Crippen LogP contribution is 2.26. The van der Waals surface area contributed by atoms with E-state index in [9.17, 15) is 0 Å². The van der Waals surface area contributed by atoms with E-state index in [0.717, 1.165) is 37.2 Å². The number of nitriles is 1. The van der Waals surface area contributed by atoms with Gasteiger partial charge in [-0.05, 0) is 28.1 Å². The molecule has 0 saturated carbocycles. The molecule has 1 aliphatic rings. The van der Waals surface area contributed by atoms with Crippen molar-refractivity contribution in [1.29, 1.82) is 5.26 Å². The number of hydrogen-bond donors (Lipinski definition) is 0. The maximum atomic E-state index is 8.57. The lowest BCUT2D eigenvalue weighted by Gasteiger charge is -2.36. The molecule has 4 heteroatoms. The van der Waals surface area contributed by atoms with Crippen molar-refractivity contribution in [2.24, 2.45) is 0 Å². The fourth-order valence-electron chi connectivity index (χ4n) is 2.13. The zero-order valence-electron chi connectivity index (χ0n) is 9.77. The summed E-state index contributed by atoms with van der Waals surface area (Å²) in [7, 11) is 0. The van der Waals surface area contributed by atoms with Crippen molar-refractivity contribution in [1.82, 2.24) is 4.90 Å². The fourth-order valence-corrected chi connectivity index (χ4v) is 2.66. The molecule has 1 saturated heterocycles. The predicted molar refractivity (Wildman–Crippen MR) is 73.0 cm³/mol. The number of halogens is 1. The maximum Gasteiger partial charge on any atom is 0.0635 e. The monoisotopic (exact) mass is 293 g/mol. The highest BCUT2D eigenvalue weighted by Gasteiger charge is 2.17. The average Bonchev–Trinajstić information content (AvgIpc) is 2.38. The summed E-state index contributed by atoms with van der Waals surface area (Å²) in [6.45, 7) is 5.06. The highest BCUT2D eigenvalue weighted by molar-refractivity contribution is 9.10. The number of nitrogens with zero attached hydrogens (tertiary/aromatic N) is 3. The standard InChI is InChI=1S/C13H16BrN3/c14-12-4-1-2-5-13(12)17-10-8-16(9-11-17)7-3-6-15/h1-2,4-5H,3,7-11H2. The van der Waals surface area contributed by atoms with E-state index < -0.39 is 0 Å². The second-order valence-electron chi connectivity index (χ2n) is 4.19. The van der Waals surface area contributed by atoms with Crippen LogP contribution in [0.5, 0.6) is 0 Å². The van der Waals surface area contributed by atoms with Crippen molar-refractivity contribution in [2.75, 3.05) is 37.6 Å². The van der Waals surface area contributed by atoms with Crippen LogP contribution in [0.4, 0.5) is 5.69 Å². The Morgan fingerprint density at radius 2 is 1.88 bits per heavy atom. The van der Waals surface area contributed by atoms with Crippen LogP contribution in [0.3, 0.4) is 0 Å². The van der Waals surface area contributed by atoms with Gasteiger partial charge in [0.1, 0.15) is 0 Å². The molecule has 17 heavy (non-hydrogen) atoms. The van der Waals surface area contributed by atoms with E-state index in [1.165, 1.54) is 5.69 Å². The summed E-state index contributed by atoms with van der Waals surface area (Å²) < 4.78 is 1.16. The molecular formula is C13H16BrN3. The number of piperazine rings is 1. The first-order valence-electron chi connectivity index (χ1n) is 5.90. The van der Waals surface area contributed by atoms with E-state index in [2.05, 4.69) is 50.0 Å². The predicted octanol–water partition coefficient (Wildman–Crippen LogP) is 2.48. The Hall–Kier alpha value is -1.05. The van der Waals surface area contributed by atoms with Gasteiger partial charge in [-0.2, -0.15) is 5.26 Å². The van der Waals surface area contributed by atoms with Crippen LogP contribution in [0.1, 0.15) is 6.42 Å². The average molecular weight is 294 g/mol. The summed E-state index contributed by atoms with van der Waals surface area (Å²) in [4.78, 5) is 4.75. The summed E-state index contributed by atoms with van der Waals surface area (Å²) in [5.74, 6) is 0. The molecule has 0 atom stereocenters. The lowest BCUT2D eigenvalue weighted by Crippen LogP contribution is -2.46. The molecule has 1 aromatic rings. The largest absolute Gasteiger partial charge is 0.368 e. The lowest BCUT2D eigenvalue weighted by atomic mass is 10.2. The van der Waals surface area contributed by atoms with Gasteiger partial charge in [0, 0.05) is 43.6 Å². The van der Waals surface area contributed by atoms with Crippen LogP contribution in [0.2, 0.25) is 0 Å². The lowest BCUT2D eigenvalue weighted by molar-refractivity contribution is 0.263. The van der Waals surface area contributed by atoms with Crippen LogP contribution in [-0.2, 0) is 0 Å². The normalized spacial score (nSPS) is 16.8. The van der Waals surface area contributed by atoms with Gasteiger partial charge in [-0.3, -0.25) is 4.90 Å².